The van der Waals surface area contributed by atoms with Gasteiger partial charge in [0.2, 0.25) is 5.91 Å². The van der Waals surface area contributed by atoms with Crippen molar-refractivity contribution in [3.05, 3.63) is 34.6 Å². The van der Waals surface area contributed by atoms with Crippen LogP contribution in [0.5, 0.6) is 0 Å². The largest absolute Gasteiger partial charge is 0.353 e. The Morgan fingerprint density at radius 2 is 2.11 bits per heavy atom. The van der Waals surface area contributed by atoms with E-state index < -0.39 is 5.82 Å². The normalized spacial score (nSPS) is 12.5. The standard InChI is InChI=1S/C14H18Cl2FNO/c1-9(2)13(6-7-15)18-14(19)8-10-11(16)4-3-5-12(10)17/h3-5,9,13H,6-8H2,1-2H3,(H,18,19). The highest BCUT2D eigenvalue weighted by Crippen LogP contribution is 2.19. The van der Waals surface area contributed by atoms with Crippen LogP contribution in [0.4, 0.5) is 4.39 Å². The molecule has 1 N–H and O–H groups in total. The average molecular weight is 306 g/mol. The van der Waals surface area contributed by atoms with E-state index in [9.17, 15) is 9.18 Å². The molecule has 0 aliphatic heterocycles. The molecule has 0 aliphatic rings. The third-order valence-electron chi connectivity index (χ3n) is 2.97. The van der Waals surface area contributed by atoms with Gasteiger partial charge in [0.15, 0.2) is 0 Å². The molecule has 0 fully saturated rings. The van der Waals surface area contributed by atoms with Crippen molar-refractivity contribution in [1.29, 1.82) is 0 Å². The highest BCUT2D eigenvalue weighted by molar-refractivity contribution is 6.31. The molecule has 0 bridgehead atoms. The summed E-state index contributed by atoms with van der Waals surface area (Å²) in [6.45, 7) is 4.02. The molecule has 1 rings (SSSR count). The van der Waals surface area contributed by atoms with Crippen LogP contribution in [-0.4, -0.2) is 17.8 Å². The van der Waals surface area contributed by atoms with Crippen LogP contribution >= 0.6 is 23.2 Å². The lowest BCUT2D eigenvalue weighted by molar-refractivity contribution is -0.121. The number of hydrogen-bond donors (Lipinski definition) is 1. The minimum Gasteiger partial charge on any atom is -0.353 e. The Bertz CT molecular complexity index is 417. The van der Waals surface area contributed by atoms with Crippen molar-refractivity contribution < 1.29 is 9.18 Å². The Morgan fingerprint density at radius 3 is 2.63 bits per heavy atom. The molecule has 0 radical (unpaired) electrons. The second-order valence-electron chi connectivity index (χ2n) is 4.77. The van der Waals surface area contributed by atoms with Gasteiger partial charge in [-0.05, 0) is 24.5 Å². The Labute approximate surface area is 123 Å². The Kier molecular flexibility index (Phi) is 6.59. The molecular formula is C14H18Cl2FNO. The van der Waals surface area contributed by atoms with Crippen LogP contribution < -0.4 is 5.32 Å². The number of amides is 1. The molecule has 1 aromatic carbocycles. The smallest absolute Gasteiger partial charge is 0.224 e. The predicted octanol–water partition coefficient (Wildman–Crippen LogP) is 3.79. The molecular weight excluding hydrogens is 288 g/mol. The summed E-state index contributed by atoms with van der Waals surface area (Å²) in [5.41, 5.74) is 0.232. The summed E-state index contributed by atoms with van der Waals surface area (Å²) in [7, 11) is 0. The maximum Gasteiger partial charge on any atom is 0.224 e. The number of hydrogen-bond acceptors (Lipinski definition) is 1. The zero-order valence-corrected chi connectivity index (χ0v) is 12.6. The van der Waals surface area contributed by atoms with Gasteiger partial charge >= 0.3 is 0 Å². The molecule has 1 aromatic rings. The molecule has 19 heavy (non-hydrogen) atoms. The number of halogens is 3. The van der Waals surface area contributed by atoms with E-state index in [0.29, 0.717) is 12.3 Å². The van der Waals surface area contributed by atoms with Crippen molar-refractivity contribution in [2.75, 3.05) is 5.88 Å². The van der Waals surface area contributed by atoms with Crippen molar-refractivity contribution in [3.8, 4) is 0 Å². The quantitative estimate of drug-likeness (QED) is 0.796. The average Bonchev–Trinajstić information content (AvgIpc) is 2.33. The summed E-state index contributed by atoms with van der Waals surface area (Å²) in [5, 5.41) is 3.14. The summed E-state index contributed by atoms with van der Waals surface area (Å²) in [6.07, 6.45) is 0.632. The number of nitrogens with one attached hydrogen (secondary N) is 1. The van der Waals surface area contributed by atoms with Crippen LogP contribution in [0.1, 0.15) is 25.8 Å². The van der Waals surface area contributed by atoms with Crippen LogP contribution in [0, 0.1) is 11.7 Å². The van der Waals surface area contributed by atoms with Gasteiger partial charge in [-0.25, -0.2) is 4.39 Å². The predicted molar refractivity (Wildman–Crippen MR) is 77.2 cm³/mol. The van der Waals surface area contributed by atoms with E-state index in [1.165, 1.54) is 12.1 Å². The van der Waals surface area contributed by atoms with Gasteiger partial charge in [0, 0.05) is 22.5 Å². The topological polar surface area (TPSA) is 29.1 Å². The fourth-order valence-corrected chi connectivity index (χ4v) is 2.27. The van der Waals surface area contributed by atoms with Gasteiger partial charge in [-0.3, -0.25) is 4.79 Å². The fraction of sp³-hybridized carbons (Fsp3) is 0.500. The van der Waals surface area contributed by atoms with Crippen LogP contribution in [0.25, 0.3) is 0 Å². The Balaban J connectivity index is 2.69. The first-order valence-corrected chi connectivity index (χ1v) is 7.15. The highest BCUT2D eigenvalue weighted by atomic mass is 35.5. The van der Waals surface area contributed by atoms with Gasteiger partial charge in [-0.15, -0.1) is 11.6 Å². The van der Waals surface area contributed by atoms with Gasteiger partial charge in [-0.1, -0.05) is 31.5 Å². The van der Waals surface area contributed by atoms with Crippen LogP contribution in [0.15, 0.2) is 18.2 Å². The van der Waals surface area contributed by atoms with Crippen molar-refractivity contribution >= 4 is 29.1 Å². The van der Waals surface area contributed by atoms with Gasteiger partial charge < -0.3 is 5.32 Å². The second-order valence-corrected chi connectivity index (χ2v) is 5.56. The summed E-state index contributed by atoms with van der Waals surface area (Å²) in [4.78, 5) is 11.9. The van der Waals surface area contributed by atoms with E-state index >= 15 is 0 Å². The molecule has 1 unspecified atom stereocenters. The maximum absolute atomic E-state index is 13.6. The molecule has 2 nitrogen and oxygen atoms in total. The number of carbonyl (C=O) groups excluding carboxylic acids is 1. The third-order valence-corrected chi connectivity index (χ3v) is 3.54. The SMILES string of the molecule is CC(C)C(CCCl)NC(=O)Cc1c(F)cccc1Cl. The van der Waals surface area contributed by atoms with Gasteiger partial charge in [0.1, 0.15) is 5.82 Å². The molecule has 1 atom stereocenters. The molecule has 0 aliphatic carbocycles. The molecule has 0 heterocycles. The Hall–Kier alpha value is -0.800. The van der Waals surface area contributed by atoms with Crippen molar-refractivity contribution in [2.45, 2.75) is 32.7 Å². The minimum atomic E-state index is -0.457. The van der Waals surface area contributed by atoms with Gasteiger partial charge in [-0.2, -0.15) is 0 Å². The third kappa shape index (κ3) is 5.00. The van der Waals surface area contributed by atoms with E-state index in [1.807, 2.05) is 13.8 Å². The highest BCUT2D eigenvalue weighted by Gasteiger charge is 2.17. The monoisotopic (exact) mass is 305 g/mol. The lowest BCUT2D eigenvalue weighted by atomic mass is 10.0. The van der Waals surface area contributed by atoms with Crippen LogP contribution in [0.3, 0.4) is 0 Å². The van der Waals surface area contributed by atoms with Crippen LogP contribution in [-0.2, 0) is 11.2 Å². The first kappa shape index (κ1) is 16.3. The molecule has 0 spiro atoms. The van der Waals surface area contributed by atoms with E-state index in [2.05, 4.69) is 5.32 Å². The minimum absolute atomic E-state index is 0.00412. The first-order chi connectivity index (χ1) is 8.95. The molecule has 1 amide bonds. The van der Waals surface area contributed by atoms with E-state index in [1.54, 1.807) is 6.07 Å². The van der Waals surface area contributed by atoms with Crippen molar-refractivity contribution in [1.82, 2.24) is 5.32 Å². The van der Waals surface area contributed by atoms with Crippen LogP contribution in [0.2, 0.25) is 5.02 Å². The van der Waals surface area contributed by atoms with E-state index in [4.69, 9.17) is 23.2 Å². The number of alkyl halides is 1. The number of benzene rings is 1. The second kappa shape index (κ2) is 7.71. The lowest BCUT2D eigenvalue weighted by Gasteiger charge is -2.21. The molecule has 5 heteroatoms. The Morgan fingerprint density at radius 1 is 1.42 bits per heavy atom. The number of rotatable bonds is 6. The number of carbonyl (C=O) groups is 1. The fourth-order valence-electron chi connectivity index (χ4n) is 1.81. The van der Waals surface area contributed by atoms with Crippen molar-refractivity contribution in [2.24, 2.45) is 5.92 Å². The first-order valence-electron chi connectivity index (χ1n) is 6.24. The molecule has 106 valence electrons. The summed E-state index contributed by atoms with van der Waals surface area (Å²) >= 11 is 11.6. The maximum atomic E-state index is 13.6. The van der Waals surface area contributed by atoms with Crippen molar-refractivity contribution in [3.63, 3.8) is 0 Å². The zero-order chi connectivity index (χ0) is 14.4. The molecule has 0 saturated heterocycles. The molecule has 0 saturated carbocycles. The van der Waals surface area contributed by atoms with Gasteiger partial charge in [0.25, 0.3) is 0 Å². The summed E-state index contributed by atoms with van der Waals surface area (Å²) < 4.78 is 13.6. The van der Waals surface area contributed by atoms with Gasteiger partial charge in [0.05, 0.1) is 6.42 Å². The van der Waals surface area contributed by atoms with E-state index in [0.717, 1.165) is 0 Å². The summed E-state index contributed by atoms with van der Waals surface area (Å²) in [6, 6.07) is 4.39. The lowest BCUT2D eigenvalue weighted by Crippen LogP contribution is -2.39. The summed E-state index contributed by atoms with van der Waals surface area (Å²) in [5.74, 6) is 0.0551. The van der Waals surface area contributed by atoms with E-state index in [-0.39, 0.29) is 34.9 Å². The molecule has 0 aromatic heterocycles. The zero-order valence-electron chi connectivity index (χ0n) is 11.1.